The van der Waals surface area contributed by atoms with E-state index in [-0.39, 0.29) is 11.8 Å². The minimum Gasteiger partial charge on any atom is -0.399 e. The quantitative estimate of drug-likeness (QED) is 0.819. The first kappa shape index (κ1) is 14.1. The number of nitrogen functional groups attached to an aromatic ring is 1. The SMILES string of the molecule is CCNC(=O)C(Cc1cccc(N)c1)c1ccccc1. The average molecular weight is 268 g/mol. The molecule has 0 aliphatic rings. The van der Waals surface area contributed by atoms with Crippen LogP contribution in [0.4, 0.5) is 5.69 Å². The van der Waals surface area contributed by atoms with Gasteiger partial charge in [0.1, 0.15) is 0 Å². The van der Waals surface area contributed by atoms with Crippen LogP contribution in [-0.4, -0.2) is 12.5 Å². The molecule has 0 aliphatic heterocycles. The summed E-state index contributed by atoms with van der Waals surface area (Å²) in [6.07, 6.45) is 0.654. The summed E-state index contributed by atoms with van der Waals surface area (Å²) >= 11 is 0. The summed E-state index contributed by atoms with van der Waals surface area (Å²) in [7, 11) is 0. The van der Waals surface area contributed by atoms with Crippen molar-refractivity contribution in [1.82, 2.24) is 5.32 Å². The lowest BCUT2D eigenvalue weighted by atomic mass is 9.91. The summed E-state index contributed by atoms with van der Waals surface area (Å²) in [4.78, 5) is 12.3. The number of amides is 1. The van der Waals surface area contributed by atoms with Crippen LogP contribution in [-0.2, 0) is 11.2 Å². The molecular formula is C17H20N2O. The van der Waals surface area contributed by atoms with Crippen molar-refractivity contribution in [3.8, 4) is 0 Å². The first-order valence-electron chi connectivity index (χ1n) is 6.87. The van der Waals surface area contributed by atoms with Gasteiger partial charge in [-0.2, -0.15) is 0 Å². The lowest BCUT2D eigenvalue weighted by Gasteiger charge is -2.17. The summed E-state index contributed by atoms with van der Waals surface area (Å²) < 4.78 is 0. The van der Waals surface area contributed by atoms with Gasteiger partial charge in [-0.3, -0.25) is 4.79 Å². The minimum atomic E-state index is -0.182. The van der Waals surface area contributed by atoms with E-state index >= 15 is 0 Å². The molecule has 0 fully saturated rings. The van der Waals surface area contributed by atoms with Gasteiger partial charge in [0.05, 0.1) is 5.92 Å². The molecule has 3 N–H and O–H groups in total. The fourth-order valence-corrected chi connectivity index (χ4v) is 2.30. The van der Waals surface area contributed by atoms with Crippen molar-refractivity contribution in [3.63, 3.8) is 0 Å². The molecule has 2 rings (SSSR count). The maximum absolute atomic E-state index is 12.3. The molecule has 1 amide bonds. The maximum Gasteiger partial charge on any atom is 0.227 e. The number of nitrogens with one attached hydrogen (secondary N) is 1. The number of carbonyl (C=O) groups excluding carboxylic acids is 1. The van der Waals surface area contributed by atoms with Gasteiger partial charge < -0.3 is 11.1 Å². The van der Waals surface area contributed by atoms with Crippen LogP contribution in [0.5, 0.6) is 0 Å². The first-order chi connectivity index (χ1) is 9.70. The van der Waals surface area contributed by atoms with E-state index in [0.717, 1.165) is 16.8 Å². The van der Waals surface area contributed by atoms with Crippen molar-refractivity contribution in [1.29, 1.82) is 0 Å². The van der Waals surface area contributed by atoms with E-state index in [0.29, 0.717) is 13.0 Å². The normalized spacial score (nSPS) is 11.8. The molecule has 1 unspecified atom stereocenters. The number of hydrogen-bond acceptors (Lipinski definition) is 2. The number of likely N-dealkylation sites (N-methyl/N-ethyl adjacent to an activating group) is 1. The topological polar surface area (TPSA) is 55.1 Å². The Labute approximate surface area is 119 Å². The van der Waals surface area contributed by atoms with Crippen molar-refractivity contribution < 1.29 is 4.79 Å². The smallest absolute Gasteiger partial charge is 0.227 e. The Hall–Kier alpha value is -2.29. The largest absolute Gasteiger partial charge is 0.399 e. The summed E-state index contributed by atoms with van der Waals surface area (Å²) in [5, 5.41) is 2.91. The van der Waals surface area contributed by atoms with E-state index in [1.807, 2.05) is 61.5 Å². The third-order valence-corrected chi connectivity index (χ3v) is 3.26. The summed E-state index contributed by atoms with van der Waals surface area (Å²) in [5.41, 5.74) is 8.64. The molecule has 0 aliphatic carbocycles. The Morgan fingerprint density at radius 1 is 1.15 bits per heavy atom. The highest BCUT2D eigenvalue weighted by atomic mass is 16.1. The van der Waals surface area contributed by atoms with E-state index in [1.165, 1.54) is 0 Å². The summed E-state index contributed by atoms with van der Waals surface area (Å²) in [6.45, 7) is 2.57. The molecule has 2 aromatic carbocycles. The predicted molar refractivity (Wildman–Crippen MR) is 82.4 cm³/mol. The molecule has 2 aromatic rings. The molecule has 0 saturated heterocycles. The third kappa shape index (κ3) is 3.60. The van der Waals surface area contributed by atoms with Crippen LogP contribution in [0.25, 0.3) is 0 Å². The Morgan fingerprint density at radius 3 is 2.55 bits per heavy atom. The molecular weight excluding hydrogens is 248 g/mol. The van der Waals surface area contributed by atoms with E-state index in [9.17, 15) is 4.79 Å². The zero-order valence-corrected chi connectivity index (χ0v) is 11.7. The fraction of sp³-hybridized carbons (Fsp3) is 0.235. The fourth-order valence-electron chi connectivity index (χ4n) is 2.30. The zero-order chi connectivity index (χ0) is 14.4. The molecule has 3 heteroatoms. The van der Waals surface area contributed by atoms with Gasteiger partial charge in [-0.25, -0.2) is 0 Å². The van der Waals surface area contributed by atoms with Crippen molar-refractivity contribution in [2.24, 2.45) is 0 Å². The standard InChI is InChI=1S/C17H20N2O/c1-2-19-17(20)16(14-8-4-3-5-9-14)12-13-7-6-10-15(18)11-13/h3-11,16H,2,12,18H2,1H3,(H,19,20). The third-order valence-electron chi connectivity index (χ3n) is 3.26. The van der Waals surface area contributed by atoms with E-state index < -0.39 is 0 Å². The van der Waals surface area contributed by atoms with Crippen molar-refractivity contribution in [3.05, 3.63) is 65.7 Å². The van der Waals surface area contributed by atoms with Crippen LogP contribution in [0.1, 0.15) is 24.0 Å². The minimum absolute atomic E-state index is 0.0566. The lowest BCUT2D eigenvalue weighted by Crippen LogP contribution is -2.30. The molecule has 20 heavy (non-hydrogen) atoms. The van der Waals surface area contributed by atoms with Crippen LogP contribution < -0.4 is 11.1 Å². The van der Waals surface area contributed by atoms with Gasteiger partial charge in [-0.15, -0.1) is 0 Å². The van der Waals surface area contributed by atoms with Crippen LogP contribution in [0.15, 0.2) is 54.6 Å². The maximum atomic E-state index is 12.3. The zero-order valence-electron chi connectivity index (χ0n) is 11.7. The molecule has 0 heterocycles. The Bertz CT molecular complexity index is 566. The number of hydrogen-bond donors (Lipinski definition) is 2. The first-order valence-corrected chi connectivity index (χ1v) is 6.87. The molecule has 1 atom stereocenters. The van der Waals surface area contributed by atoms with E-state index in [2.05, 4.69) is 5.32 Å². The van der Waals surface area contributed by atoms with Gasteiger partial charge in [0, 0.05) is 12.2 Å². The number of anilines is 1. The van der Waals surface area contributed by atoms with Crippen LogP contribution in [0.2, 0.25) is 0 Å². The summed E-state index contributed by atoms with van der Waals surface area (Å²) in [5.74, 6) is -0.126. The highest BCUT2D eigenvalue weighted by Gasteiger charge is 2.20. The second-order valence-electron chi connectivity index (χ2n) is 4.81. The van der Waals surface area contributed by atoms with Gasteiger partial charge in [-0.05, 0) is 36.6 Å². The Kier molecular flexibility index (Phi) is 4.77. The molecule has 0 spiro atoms. The molecule has 0 aromatic heterocycles. The number of rotatable bonds is 5. The Morgan fingerprint density at radius 2 is 1.90 bits per heavy atom. The van der Waals surface area contributed by atoms with Gasteiger partial charge >= 0.3 is 0 Å². The summed E-state index contributed by atoms with van der Waals surface area (Å²) in [6, 6.07) is 17.6. The predicted octanol–water partition coefficient (Wildman–Crippen LogP) is 2.73. The van der Waals surface area contributed by atoms with Crippen LogP contribution in [0, 0.1) is 0 Å². The van der Waals surface area contributed by atoms with Gasteiger partial charge in [-0.1, -0.05) is 42.5 Å². The Balaban J connectivity index is 2.25. The van der Waals surface area contributed by atoms with E-state index in [4.69, 9.17) is 5.73 Å². The molecule has 0 bridgehead atoms. The molecule has 0 saturated carbocycles. The van der Waals surface area contributed by atoms with Crippen molar-refractivity contribution in [2.45, 2.75) is 19.3 Å². The van der Waals surface area contributed by atoms with Gasteiger partial charge in [0.2, 0.25) is 5.91 Å². The molecule has 0 radical (unpaired) electrons. The molecule has 3 nitrogen and oxygen atoms in total. The number of nitrogens with two attached hydrogens (primary N) is 1. The van der Waals surface area contributed by atoms with Crippen molar-refractivity contribution in [2.75, 3.05) is 12.3 Å². The van der Waals surface area contributed by atoms with Crippen LogP contribution >= 0.6 is 0 Å². The second-order valence-corrected chi connectivity index (χ2v) is 4.81. The van der Waals surface area contributed by atoms with Gasteiger partial charge in [0.15, 0.2) is 0 Å². The number of benzene rings is 2. The van der Waals surface area contributed by atoms with Crippen molar-refractivity contribution >= 4 is 11.6 Å². The highest BCUT2D eigenvalue weighted by Crippen LogP contribution is 2.22. The molecule has 104 valence electrons. The monoisotopic (exact) mass is 268 g/mol. The van der Waals surface area contributed by atoms with Gasteiger partial charge in [0.25, 0.3) is 0 Å². The number of carbonyl (C=O) groups is 1. The van der Waals surface area contributed by atoms with E-state index in [1.54, 1.807) is 0 Å². The second kappa shape index (κ2) is 6.75. The highest BCUT2D eigenvalue weighted by molar-refractivity contribution is 5.84. The average Bonchev–Trinajstić information content (AvgIpc) is 2.46. The van der Waals surface area contributed by atoms with Crippen LogP contribution in [0.3, 0.4) is 0 Å². The lowest BCUT2D eigenvalue weighted by molar-refractivity contribution is -0.122.